The molecule has 1 aliphatic carbocycles. The van der Waals surface area contributed by atoms with Gasteiger partial charge >= 0.3 is 0 Å². The summed E-state index contributed by atoms with van der Waals surface area (Å²) >= 11 is 0. The lowest BCUT2D eigenvalue weighted by atomic mass is 9.64. The molecule has 1 atom stereocenters. The minimum absolute atomic E-state index is 0.208. The highest BCUT2D eigenvalue weighted by Crippen LogP contribution is 2.63. The molecule has 0 saturated heterocycles. The standard InChI is InChI=1S/C59H41N3/c1-4-19-40(20-5-1)54-39-55(61-58(60-54)41-21-6-2-7-22-41)44-24-18-23-42(37-44)46-27-10-11-28-47(46)43-35-36-49-48-29-12-13-30-50(48)59(53(49)38-43)51-31-14-16-33-56(51)62(45-25-8-3-9-26-45)57-34-17-15-32-52(57)59/h1-39,58,61H. The smallest absolute Gasteiger partial charge is 0.145 e. The van der Waals surface area contributed by atoms with E-state index in [0.717, 1.165) is 39.3 Å². The van der Waals surface area contributed by atoms with Crippen molar-refractivity contribution >= 4 is 28.5 Å². The second-order valence-electron chi connectivity index (χ2n) is 16.3. The summed E-state index contributed by atoms with van der Waals surface area (Å²) in [6, 6.07) is 83.8. The van der Waals surface area contributed by atoms with Gasteiger partial charge in [-0.1, -0.05) is 194 Å². The maximum absolute atomic E-state index is 5.19. The molecule has 0 aromatic heterocycles. The summed E-state index contributed by atoms with van der Waals surface area (Å²) in [5.74, 6) is 0. The van der Waals surface area contributed by atoms with Crippen molar-refractivity contribution in [1.29, 1.82) is 0 Å². The van der Waals surface area contributed by atoms with Crippen molar-refractivity contribution in [2.45, 2.75) is 11.6 Å². The third-order valence-electron chi connectivity index (χ3n) is 12.9. The van der Waals surface area contributed by atoms with Gasteiger partial charge in [0.2, 0.25) is 0 Å². The van der Waals surface area contributed by atoms with Crippen LogP contribution in [0.15, 0.2) is 242 Å². The van der Waals surface area contributed by atoms with Crippen molar-refractivity contribution in [3.63, 3.8) is 0 Å². The van der Waals surface area contributed by atoms with Gasteiger partial charge in [0.25, 0.3) is 0 Å². The third kappa shape index (κ3) is 5.63. The summed E-state index contributed by atoms with van der Waals surface area (Å²) in [4.78, 5) is 7.63. The molecule has 0 radical (unpaired) electrons. The van der Waals surface area contributed by atoms with E-state index in [1.807, 2.05) is 0 Å². The number of benzene rings is 9. The van der Waals surface area contributed by atoms with Crippen LogP contribution < -0.4 is 10.2 Å². The van der Waals surface area contributed by atoms with Gasteiger partial charge in [0.15, 0.2) is 0 Å². The number of nitrogens with one attached hydrogen (secondary N) is 1. The van der Waals surface area contributed by atoms with E-state index in [1.54, 1.807) is 0 Å². The fourth-order valence-electron chi connectivity index (χ4n) is 10.2. The lowest BCUT2D eigenvalue weighted by Gasteiger charge is -2.45. The van der Waals surface area contributed by atoms with Gasteiger partial charge < -0.3 is 10.2 Å². The first kappa shape index (κ1) is 35.9. The van der Waals surface area contributed by atoms with Crippen LogP contribution in [0, 0.1) is 0 Å². The Hall–Kier alpha value is -8.01. The highest BCUT2D eigenvalue weighted by atomic mass is 15.2. The molecular weight excluding hydrogens is 751 g/mol. The number of para-hydroxylation sites is 3. The quantitative estimate of drug-likeness (QED) is 0.182. The molecule has 2 aliphatic heterocycles. The predicted molar refractivity (Wildman–Crippen MR) is 256 cm³/mol. The van der Waals surface area contributed by atoms with Crippen LogP contribution >= 0.6 is 0 Å². The summed E-state index contributed by atoms with van der Waals surface area (Å²) in [7, 11) is 0. The van der Waals surface area contributed by atoms with E-state index in [4.69, 9.17) is 4.99 Å². The summed E-state index contributed by atoms with van der Waals surface area (Å²) in [6.07, 6.45) is 1.98. The van der Waals surface area contributed by atoms with Gasteiger partial charge in [-0.2, -0.15) is 0 Å². The Morgan fingerprint density at radius 1 is 0.387 bits per heavy atom. The van der Waals surface area contributed by atoms with E-state index < -0.39 is 5.41 Å². The predicted octanol–water partition coefficient (Wildman–Crippen LogP) is 14.3. The van der Waals surface area contributed by atoms with Crippen molar-refractivity contribution in [1.82, 2.24) is 5.32 Å². The van der Waals surface area contributed by atoms with Crippen molar-refractivity contribution in [2.75, 3.05) is 4.90 Å². The average molecular weight is 792 g/mol. The van der Waals surface area contributed by atoms with Crippen LogP contribution in [0.1, 0.15) is 45.1 Å². The molecule has 0 fully saturated rings. The first-order valence-corrected chi connectivity index (χ1v) is 21.4. The Bertz CT molecular complexity index is 3170. The molecule has 0 saturated carbocycles. The molecule has 3 aliphatic rings. The maximum atomic E-state index is 5.19. The van der Waals surface area contributed by atoms with Gasteiger partial charge in [0.05, 0.1) is 22.5 Å². The monoisotopic (exact) mass is 791 g/mol. The van der Waals surface area contributed by atoms with Crippen molar-refractivity contribution in [2.24, 2.45) is 4.99 Å². The molecule has 292 valence electrons. The van der Waals surface area contributed by atoms with E-state index in [9.17, 15) is 0 Å². The fraction of sp³-hybridized carbons (Fsp3) is 0.0339. The molecule has 3 nitrogen and oxygen atoms in total. The fourth-order valence-corrected chi connectivity index (χ4v) is 10.2. The first-order valence-electron chi connectivity index (χ1n) is 21.4. The molecule has 1 unspecified atom stereocenters. The van der Waals surface area contributed by atoms with Crippen LogP contribution in [-0.4, -0.2) is 5.71 Å². The van der Waals surface area contributed by atoms with Crippen molar-refractivity contribution < 1.29 is 0 Å². The number of hydrogen-bond acceptors (Lipinski definition) is 3. The molecule has 0 amide bonds. The normalized spacial score (nSPS) is 15.4. The highest BCUT2D eigenvalue weighted by molar-refractivity contribution is 6.13. The second-order valence-corrected chi connectivity index (χ2v) is 16.3. The average Bonchev–Trinajstić information content (AvgIpc) is 3.65. The van der Waals surface area contributed by atoms with Crippen molar-refractivity contribution in [3.05, 3.63) is 276 Å². The molecule has 0 bridgehead atoms. The number of nitrogens with zero attached hydrogens (tertiary/aromatic N) is 2. The molecule has 1 spiro atoms. The van der Waals surface area contributed by atoms with Crippen molar-refractivity contribution in [3.8, 4) is 33.4 Å². The van der Waals surface area contributed by atoms with E-state index in [-0.39, 0.29) is 6.17 Å². The summed E-state index contributed by atoms with van der Waals surface area (Å²) in [5.41, 5.74) is 20.9. The molecule has 12 rings (SSSR count). The molecule has 1 N–H and O–H groups in total. The Morgan fingerprint density at radius 3 is 1.60 bits per heavy atom. The van der Waals surface area contributed by atoms with E-state index >= 15 is 0 Å². The Balaban J connectivity index is 1.01. The number of hydrogen-bond donors (Lipinski definition) is 1. The maximum Gasteiger partial charge on any atom is 0.145 e. The summed E-state index contributed by atoms with van der Waals surface area (Å²) < 4.78 is 0. The minimum atomic E-state index is -0.526. The van der Waals surface area contributed by atoms with Gasteiger partial charge in [0.1, 0.15) is 6.17 Å². The van der Waals surface area contributed by atoms with Gasteiger partial charge in [0, 0.05) is 11.4 Å². The van der Waals surface area contributed by atoms with Gasteiger partial charge in [-0.15, -0.1) is 0 Å². The van der Waals surface area contributed by atoms with Crippen LogP contribution in [0.5, 0.6) is 0 Å². The highest BCUT2D eigenvalue weighted by Gasteiger charge is 2.51. The van der Waals surface area contributed by atoms with E-state index in [0.29, 0.717) is 0 Å². The first-order chi connectivity index (χ1) is 30.8. The zero-order valence-electron chi connectivity index (χ0n) is 34.0. The molecule has 9 aromatic carbocycles. The topological polar surface area (TPSA) is 27.6 Å². The van der Waals surface area contributed by atoms with Crippen LogP contribution in [0.2, 0.25) is 0 Å². The Kier molecular flexibility index (Phi) is 8.46. The number of rotatable bonds is 6. The van der Waals surface area contributed by atoms with Crippen LogP contribution in [0.4, 0.5) is 17.1 Å². The number of anilines is 3. The third-order valence-corrected chi connectivity index (χ3v) is 12.9. The largest absolute Gasteiger partial charge is 0.360 e. The van der Waals surface area contributed by atoms with Crippen LogP contribution in [0.3, 0.4) is 0 Å². The van der Waals surface area contributed by atoms with Crippen LogP contribution in [-0.2, 0) is 5.41 Å². The summed E-state index contributed by atoms with van der Waals surface area (Å²) in [6.45, 7) is 0. The molecule has 62 heavy (non-hydrogen) atoms. The second kappa shape index (κ2) is 14.6. The lowest BCUT2D eigenvalue weighted by Crippen LogP contribution is -2.36. The van der Waals surface area contributed by atoms with E-state index in [2.05, 4.69) is 247 Å². The lowest BCUT2D eigenvalue weighted by molar-refractivity contribution is 0.664. The van der Waals surface area contributed by atoms with Gasteiger partial charge in [-0.25, -0.2) is 0 Å². The number of fused-ring (bicyclic) bond motifs is 9. The number of aliphatic imine (C=N–C) groups is 1. The molecular formula is C59H41N3. The SMILES string of the molecule is C1=C(c2cccc(-c3ccccc3-c3ccc4c(c3)C3(c5ccccc5-4)c4ccccc4N(c4ccccc4)c4ccccc43)c2)NC(c2ccccc2)N=C1c1ccccc1. The zero-order valence-corrected chi connectivity index (χ0v) is 34.0. The molecule has 3 heteroatoms. The Labute approximate surface area is 362 Å². The molecule has 2 heterocycles. The number of allylic oxidation sites excluding steroid dienone is 1. The summed E-state index contributed by atoms with van der Waals surface area (Å²) in [5, 5.41) is 3.78. The Morgan fingerprint density at radius 2 is 0.903 bits per heavy atom. The minimum Gasteiger partial charge on any atom is -0.360 e. The molecule has 9 aromatic rings. The van der Waals surface area contributed by atoms with E-state index in [1.165, 1.54) is 61.4 Å². The van der Waals surface area contributed by atoms with Crippen LogP contribution in [0.25, 0.3) is 39.1 Å². The zero-order chi connectivity index (χ0) is 41.0. The van der Waals surface area contributed by atoms with Gasteiger partial charge in [-0.3, -0.25) is 4.99 Å². The van der Waals surface area contributed by atoms with Gasteiger partial charge in [-0.05, 0) is 115 Å².